The van der Waals surface area contributed by atoms with Crippen molar-refractivity contribution < 1.29 is 8.85 Å². The van der Waals surface area contributed by atoms with Crippen LogP contribution in [0, 0.1) is 9.54 Å². The summed E-state index contributed by atoms with van der Waals surface area (Å²) in [4.78, 5) is 9.78. The van der Waals surface area contributed by atoms with Crippen LogP contribution in [-0.2, 0) is 8.85 Å². The molecule has 0 aromatic carbocycles. The summed E-state index contributed by atoms with van der Waals surface area (Å²) in [7, 11) is -2.03. The van der Waals surface area contributed by atoms with Crippen molar-refractivity contribution in [1.29, 1.82) is 0 Å². The van der Waals surface area contributed by atoms with E-state index in [1.807, 2.05) is 13.8 Å². The summed E-state index contributed by atoms with van der Waals surface area (Å²) in [6.45, 7) is 8.25. The molecule has 21 heavy (non-hydrogen) atoms. The Hall–Kier alpha value is 0.387. The molecule has 0 spiro atoms. The van der Waals surface area contributed by atoms with Crippen LogP contribution in [0.3, 0.4) is 0 Å². The normalized spacial score (nSPS) is 11.0. The fourth-order valence-corrected chi connectivity index (χ4v) is 4.75. The predicted molar refractivity (Wildman–Crippen MR) is 93.1 cm³/mol. The Bertz CT molecular complexity index is 491. The molecular weight excluding hydrogens is 335 g/mol. The van der Waals surface area contributed by atoms with Crippen LogP contribution < -0.4 is 5.32 Å². The second-order valence-electron chi connectivity index (χ2n) is 4.37. The number of rotatable bonds is 9. The van der Waals surface area contributed by atoms with Gasteiger partial charge in [0.1, 0.15) is 0 Å². The van der Waals surface area contributed by atoms with Crippen molar-refractivity contribution >= 4 is 68.5 Å². The average molecular weight is 358 g/mol. The Morgan fingerprint density at radius 1 is 1.19 bits per heavy atom. The van der Waals surface area contributed by atoms with Crippen molar-refractivity contribution in [3.63, 3.8) is 0 Å². The first kappa shape index (κ1) is 21.4. The van der Waals surface area contributed by atoms with E-state index in [0.29, 0.717) is 28.7 Å². The zero-order valence-electron chi connectivity index (χ0n) is 13.1. The number of H-pyrrole nitrogens is 2. The molecule has 0 unspecified atom stereocenters. The van der Waals surface area contributed by atoms with E-state index in [9.17, 15) is 0 Å². The quantitative estimate of drug-likeness (QED) is 0.358. The SMILES string of the molecule is CCO[Si](C)(CCCNc1nc(=S)[nH]c(=S)[nH]1)OCC.[Na]. The fraction of sp³-hybridized carbons (Fsp3) is 0.727. The number of aromatic nitrogens is 3. The first-order valence-electron chi connectivity index (χ1n) is 6.71. The van der Waals surface area contributed by atoms with Crippen molar-refractivity contribution in [2.24, 2.45) is 0 Å². The van der Waals surface area contributed by atoms with E-state index in [0.717, 1.165) is 19.0 Å². The maximum absolute atomic E-state index is 5.79. The van der Waals surface area contributed by atoms with Gasteiger partial charge in [0.15, 0.2) is 4.77 Å². The van der Waals surface area contributed by atoms with Gasteiger partial charge in [0.2, 0.25) is 10.7 Å². The van der Waals surface area contributed by atoms with Gasteiger partial charge in [-0.05, 0) is 57.3 Å². The first-order chi connectivity index (χ1) is 9.49. The number of hydrogen-bond donors (Lipinski definition) is 3. The van der Waals surface area contributed by atoms with Gasteiger partial charge in [0.25, 0.3) is 0 Å². The summed E-state index contributed by atoms with van der Waals surface area (Å²) in [5.74, 6) is 0.593. The number of nitrogens with zero attached hydrogens (tertiary/aromatic N) is 1. The predicted octanol–water partition coefficient (Wildman–Crippen LogP) is 2.76. The number of anilines is 1. The van der Waals surface area contributed by atoms with Gasteiger partial charge in [-0.15, -0.1) is 0 Å². The van der Waals surface area contributed by atoms with Crippen LogP contribution in [0.2, 0.25) is 12.6 Å². The van der Waals surface area contributed by atoms with Crippen molar-refractivity contribution in [2.45, 2.75) is 32.9 Å². The molecule has 0 aliphatic carbocycles. The molecule has 0 atom stereocenters. The van der Waals surface area contributed by atoms with Crippen molar-refractivity contribution in [2.75, 3.05) is 25.1 Å². The molecule has 10 heteroatoms. The van der Waals surface area contributed by atoms with Gasteiger partial charge < -0.3 is 24.1 Å². The van der Waals surface area contributed by atoms with Crippen LogP contribution in [-0.4, -0.2) is 72.8 Å². The maximum atomic E-state index is 5.79. The van der Waals surface area contributed by atoms with E-state index in [4.69, 9.17) is 33.3 Å². The average Bonchev–Trinajstić information content (AvgIpc) is 2.34. The second kappa shape index (κ2) is 11.0. The zero-order chi connectivity index (χ0) is 15.0. The number of aromatic amines is 2. The second-order valence-corrected chi connectivity index (χ2v) is 8.51. The van der Waals surface area contributed by atoms with Crippen LogP contribution in [0.1, 0.15) is 20.3 Å². The zero-order valence-corrected chi connectivity index (χ0v) is 17.7. The third kappa shape index (κ3) is 8.55. The van der Waals surface area contributed by atoms with Crippen LogP contribution in [0.5, 0.6) is 0 Å². The summed E-state index contributed by atoms with van der Waals surface area (Å²) in [5, 5.41) is 3.17. The number of hydrogen-bond acceptors (Lipinski definition) is 6. The minimum absolute atomic E-state index is 0. The molecule has 1 heterocycles. The third-order valence-corrected chi connectivity index (χ3v) is 6.12. The van der Waals surface area contributed by atoms with Crippen LogP contribution in [0.15, 0.2) is 0 Å². The number of nitrogens with one attached hydrogen (secondary N) is 3. The topological polar surface area (TPSA) is 75.0 Å². The summed E-state index contributed by atoms with van der Waals surface area (Å²) in [5.41, 5.74) is 0. The molecule has 0 aliphatic rings. The van der Waals surface area contributed by atoms with Gasteiger partial charge in [0.05, 0.1) is 0 Å². The van der Waals surface area contributed by atoms with Crippen molar-refractivity contribution in [1.82, 2.24) is 15.0 Å². The molecule has 3 N–H and O–H groups in total. The Morgan fingerprint density at radius 2 is 1.81 bits per heavy atom. The molecule has 115 valence electrons. The molecule has 0 bridgehead atoms. The minimum Gasteiger partial charge on any atom is -0.395 e. The molecule has 1 aromatic heterocycles. The first-order valence-corrected chi connectivity index (χ1v) is 10.1. The maximum Gasteiger partial charge on any atom is 0.334 e. The van der Waals surface area contributed by atoms with E-state index < -0.39 is 8.56 Å². The Kier molecular flexibility index (Phi) is 11.2. The Balaban J connectivity index is 0.00000400. The molecule has 0 fully saturated rings. The van der Waals surface area contributed by atoms with Crippen molar-refractivity contribution in [3.8, 4) is 0 Å². The van der Waals surface area contributed by atoms with Crippen LogP contribution in [0.4, 0.5) is 5.95 Å². The summed E-state index contributed by atoms with van der Waals surface area (Å²) in [6.07, 6.45) is 0.941. The standard InChI is InChI=1S/C11H22N4O2S2Si.Na/c1-4-16-20(3,17-5-2)8-6-7-12-9-13-10(18)15-11(19)14-9;/h4-8H2,1-3H3,(H3,12,13,14,15,18,19);. The molecule has 0 saturated heterocycles. The molecule has 0 saturated carbocycles. The Labute approximate surface area is 159 Å². The Morgan fingerprint density at radius 3 is 2.33 bits per heavy atom. The van der Waals surface area contributed by atoms with Crippen molar-refractivity contribution in [3.05, 3.63) is 9.54 Å². The fourth-order valence-electron chi connectivity index (χ4n) is 1.89. The van der Waals surface area contributed by atoms with Crippen LogP contribution >= 0.6 is 24.4 Å². The smallest absolute Gasteiger partial charge is 0.334 e. The van der Waals surface area contributed by atoms with E-state index in [1.54, 1.807) is 0 Å². The molecular formula is C11H22N4NaO2S2Si. The molecule has 1 radical (unpaired) electrons. The van der Waals surface area contributed by atoms with Gasteiger partial charge >= 0.3 is 8.56 Å². The van der Waals surface area contributed by atoms with Gasteiger partial charge in [-0.3, -0.25) is 0 Å². The largest absolute Gasteiger partial charge is 0.395 e. The summed E-state index contributed by atoms with van der Waals surface area (Å²) >= 11 is 9.97. The van der Waals surface area contributed by atoms with Gasteiger partial charge in [-0.25, -0.2) is 0 Å². The molecule has 0 amide bonds. The van der Waals surface area contributed by atoms with Gasteiger partial charge in [-0.2, -0.15) is 4.98 Å². The third-order valence-electron chi connectivity index (χ3n) is 2.67. The minimum atomic E-state index is -2.03. The van der Waals surface area contributed by atoms with Gasteiger partial charge in [-0.1, -0.05) is 0 Å². The van der Waals surface area contributed by atoms with E-state index in [-0.39, 0.29) is 29.6 Å². The van der Waals surface area contributed by atoms with E-state index in [2.05, 4.69) is 26.8 Å². The monoisotopic (exact) mass is 357 g/mol. The molecule has 6 nitrogen and oxygen atoms in total. The molecule has 1 rings (SSSR count). The summed E-state index contributed by atoms with van der Waals surface area (Å²) in [6, 6.07) is 0.933. The molecule has 1 aromatic rings. The van der Waals surface area contributed by atoms with E-state index in [1.165, 1.54) is 0 Å². The van der Waals surface area contributed by atoms with E-state index >= 15 is 0 Å². The molecule has 0 aliphatic heterocycles. The van der Waals surface area contributed by atoms with Crippen LogP contribution in [0.25, 0.3) is 0 Å². The van der Waals surface area contributed by atoms with Gasteiger partial charge in [0, 0.05) is 49.3 Å². The summed E-state index contributed by atoms with van der Waals surface area (Å²) < 4.78 is 12.4.